The molecule has 4 rings (SSSR count). The Labute approximate surface area is 194 Å². The van der Waals surface area contributed by atoms with Crippen LogP contribution >= 0.6 is 23.2 Å². The third-order valence-corrected chi connectivity index (χ3v) is 6.40. The Balaban J connectivity index is 1.94. The van der Waals surface area contributed by atoms with E-state index in [0.717, 1.165) is 6.26 Å². The van der Waals surface area contributed by atoms with Crippen LogP contribution in [0.15, 0.2) is 41.6 Å². The highest BCUT2D eigenvalue weighted by molar-refractivity contribution is 7.90. The Bertz CT molecular complexity index is 1360. The number of benzene rings is 2. The number of methoxy groups -OCH3 is 2. The van der Waals surface area contributed by atoms with E-state index >= 15 is 0 Å². The van der Waals surface area contributed by atoms with Gasteiger partial charge in [-0.2, -0.15) is 0 Å². The summed E-state index contributed by atoms with van der Waals surface area (Å²) in [6.07, 6.45) is 0.974. The lowest BCUT2D eigenvalue weighted by Gasteiger charge is -2.16. The molecule has 0 atom stereocenters. The number of hydrogen-bond acceptors (Lipinski definition) is 7. The van der Waals surface area contributed by atoms with Gasteiger partial charge in [-0.3, -0.25) is 4.79 Å². The summed E-state index contributed by atoms with van der Waals surface area (Å²) < 4.78 is 35.1. The highest BCUT2D eigenvalue weighted by Crippen LogP contribution is 2.40. The fourth-order valence-electron chi connectivity index (χ4n) is 3.39. The molecule has 1 aromatic heterocycles. The third kappa shape index (κ3) is 3.87. The second kappa shape index (κ2) is 8.23. The second-order valence-electron chi connectivity index (χ2n) is 7.01. The molecule has 8 nitrogen and oxygen atoms in total. The number of anilines is 1. The van der Waals surface area contributed by atoms with Gasteiger partial charge in [0.1, 0.15) is 17.2 Å². The smallest absolute Gasteiger partial charge is 0.277 e. The SMILES string of the molecule is COc1cccc(N2Cc3c(nc(S(C)(=O)=O)nc3-c3cc(OC)c(Cl)cc3Cl)C2=O)c1. The van der Waals surface area contributed by atoms with Crippen LogP contribution in [-0.4, -0.2) is 44.8 Å². The van der Waals surface area contributed by atoms with Crippen molar-refractivity contribution in [3.63, 3.8) is 0 Å². The fraction of sp³-hybridized carbons (Fsp3) is 0.190. The summed E-state index contributed by atoms with van der Waals surface area (Å²) in [6.45, 7) is 0.113. The highest BCUT2D eigenvalue weighted by atomic mass is 35.5. The number of aromatic nitrogens is 2. The summed E-state index contributed by atoms with van der Waals surface area (Å²) in [5.74, 6) is 0.437. The zero-order chi connectivity index (χ0) is 23.2. The zero-order valence-electron chi connectivity index (χ0n) is 17.2. The maximum atomic E-state index is 13.2. The molecule has 0 unspecified atom stereocenters. The molecule has 0 aliphatic carbocycles. The van der Waals surface area contributed by atoms with Gasteiger partial charge in [0.2, 0.25) is 15.0 Å². The summed E-state index contributed by atoms with van der Waals surface area (Å²) >= 11 is 12.6. The molecular weight excluding hydrogens is 477 g/mol. The normalized spacial score (nSPS) is 13.3. The van der Waals surface area contributed by atoms with Crippen LogP contribution < -0.4 is 14.4 Å². The van der Waals surface area contributed by atoms with E-state index in [0.29, 0.717) is 28.3 Å². The first-order chi connectivity index (χ1) is 15.1. The van der Waals surface area contributed by atoms with Gasteiger partial charge in [-0.15, -0.1) is 0 Å². The van der Waals surface area contributed by atoms with Crippen molar-refractivity contribution in [3.05, 3.63) is 57.7 Å². The number of amides is 1. The van der Waals surface area contributed by atoms with Crippen molar-refractivity contribution < 1.29 is 22.7 Å². The van der Waals surface area contributed by atoms with E-state index in [-0.39, 0.29) is 28.0 Å². The molecular formula is C21H17Cl2N3O5S. The molecule has 3 aromatic rings. The lowest BCUT2D eigenvalue weighted by atomic mass is 10.1. The molecule has 0 saturated carbocycles. The van der Waals surface area contributed by atoms with E-state index < -0.39 is 20.9 Å². The summed E-state index contributed by atoms with van der Waals surface area (Å²) in [6, 6.07) is 9.98. The zero-order valence-corrected chi connectivity index (χ0v) is 19.5. The Kier molecular flexibility index (Phi) is 5.74. The standard InChI is InChI=1S/C21H17Cl2N3O5S/c1-30-12-6-4-5-11(7-12)26-10-14-18(13-8-17(31-2)16(23)9-15(13)22)24-21(32(3,28)29)25-19(14)20(26)27/h4-9H,10H2,1-3H3. The van der Waals surface area contributed by atoms with Crippen molar-refractivity contribution in [1.82, 2.24) is 9.97 Å². The lowest BCUT2D eigenvalue weighted by Crippen LogP contribution is -2.23. The van der Waals surface area contributed by atoms with Crippen LogP contribution in [0.25, 0.3) is 11.3 Å². The van der Waals surface area contributed by atoms with Crippen molar-refractivity contribution in [3.8, 4) is 22.8 Å². The summed E-state index contributed by atoms with van der Waals surface area (Å²) in [4.78, 5) is 23.1. The Hall–Kier alpha value is -2.88. The largest absolute Gasteiger partial charge is 0.497 e. The van der Waals surface area contributed by atoms with Crippen molar-refractivity contribution >= 4 is 44.6 Å². The number of nitrogens with zero attached hydrogens (tertiary/aromatic N) is 3. The Morgan fingerprint density at radius 1 is 1.00 bits per heavy atom. The van der Waals surface area contributed by atoms with Crippen LogP contribution in [0.2, 0.25) is 10.0 Å². The van der Waals surface area contributed by atoms with E-state index in [4.69, 9.17) is 32.7 Å². The molecule has 0 fully saturated rings. The van der Waals surface area contributed by atoms with Gasteiger partial charge in [0.25, 0.3) is 5.91 Å². The van der Waals surface area contributed by atoms with Gasteiger partial charge in [-0.25, -0.2) is 18.4 Å². The van der Waals surface area contributed by atoms with Crippen molar-refractivity contribution in [2.45, 2.75) is 11.7 Å². The highest BCUT2D eigenvalue weighted by Gasteiger charge is 2.36. The molecule has 166 valence electrons. The molecule has 1 amide bonds. The van der Waals surface area contributed by atoms with Gasteiger partial charge in [0, 0.05) is 29.1 Å². The number of rotatable bonds is 5. The molecule has 2 aromatic carbocycles. The summed E-state index contributed by atoms with van der Waals surface area (Å²) in [5.41, 5.74) is 1.59. The molecule has 32 heavy (non-hydrogen) atoms. The molecule has 2 heterocycles. The first-order valence-electron chi connectivity index (χ1n) is 9.24. The minimum absolute atomic E-state index is 0.0109. The molecule has 0 bridgehead atoms. The van der Waals surface area contributed by atoms with E-state index in [1.54, 1.807) is 30.3 Å². The van der Waals surface area contributed by atoms with Crippen molar-refractivity contribution in [2.75, 3.05) is 25.4 Å². The van der Waals surface area contributed by atoms with E-state index in [1.807, 2.05) is 0 Å². The molecule has 11 heteroatoms. The molecule has 0 saturated heterocycles. The number of fused-ring (bicyclic) bond motifs is 1. The number of sulfone groups is 1. The van der Waals surface area contributed by atoms with Crippen LogP contribution in [-0.2, 0) is 16.4 Å². The quantitative estimate of drug-likeness (QED) is 0.494. The van der Waals surface area contributed by atoms with Crippen LogP contribution in [0.4, 0.5) is 5.69 Å². The topological polar surface area (TPSA) is 98.7 Å². The first-order valence-corrected chi connectivity index (χ1v) is 11.9. The van der Waals surface area contributed by atoms with Gasteiger partial charge < -0.3 is 14.4 Å². The van der Waals surface area contributed by atoms with Crippen molar-refractivity contribution in [1.29, 1.82) is 0 Å². The average Bonchev–Trinajstić information content (AvgIpc) is 3.09. The van der Waals surface area contributed by atoms with Gasteiger partial charge in [0.15, 0.2) is 0 Å². The number of carbonyl (C=O) groups excluding carboxylic acids is 1. The fourth-order valence-corrected chi connectivity index (χ4v) is 4.45. The minimum atomic E-state index is -3.82. The average molecular weight is 494 g/mol. The predicted molar refractivity (Wildman–Crippen MR) is 121 cm³/mol. The Morgan fingerprint density at radius 2 is 1.72 bits per heavy atom. The predicted octanol–water partition coefficient (Wildman–Crippen LogP) is 4.03. The van der Waals surface area contributed by atoms with E-state index in [9.17, 15) is 13.2 Å². The van der Waals surface area contributed by atoms with Crippen molar-refractivity contribution in [2.24, 2.45) is 0 Å². The van der Waals surface area contributed by atoms with Gasteiger partial charge in [0.05, 0.1) is 36.5 Å². The van der Waals surface area contributed by atoms with E-state index in [1.165, 1.54) is 25.2 Å². The lowest BCUT2D eigenvalue weighted by molar-refractivity contribution is 0.0991. The molecule has 1 aliphatic heterocycles. The van der Waals surface area contributed by atoms with Crippen LogP contribution in [0.1, 0.15) is 16.1 Å². The molecule has 1 aliphatic rings. The van der Waals surface area contributed by atoms with Gasteiger partial charge in [-0.05, 0) is 24.3 Å². The maximum Gasteiger partial charge on any atom is 0.277 e. The van der Waals surface area contributed by atoms with E-state index in [2.05, 4.69) is 9.97 Å². The monoisotopic (exact) mass is 493 g/mol. The minimum Gasteiger partial charge on any atom is -0.497 e. The number of carbonyl (C=O) groups is 1. The number of ether oxygens (including phenoxy) is 2. The number of hydrogen-bond donors (Lipinski definition) is 0. The molecule has 0 N–H and O–H groups in total. The van der Waals surface area contributed by atoms with Gasteiger partial charge >= 0.3 is 0 Å². The van der Waals surface area contributed by atoms with Gasteiger partial charge in [-0.1, -0.05) is 29.3 Å². The number of halogens is 2. The van der Waals surface area contributed by atoms with Crippen LogP contribution in [0, 0.1) is 0 Å². The summed E-state index contributed by atoms with van der Waals surface area (Å²) in [7, 11) is -0.852. The first kappa shape index (κ1) is 22.3. The molecule has 0 spiro atoms. The second-order valence-corrected chi connectivity index (χ2v) is 9.74. The maximum absolute atomic E-state index is 13.2. The van der Waals surface area contributed by atoms with Crippen LogP contribution in [0.5, 0.6) is 11.5 Å². The third-order valence-electron chi connectivity index (χ3n) is 4.94. The summed E-state index contributed by atoms with van der Waals surface area (Å²) in [5, 5.41) is 0.0323. The molecule has 0 radical (unpaired) electrons. The Morgan fingerprint density at radius 3 is 2.38 bits per heavy atom. The van der Waals surface area contributed by atoms with Crippen LogP contribution in [0.3, 0.4) is 0 Å².